The van der Waals surface area contributed by atoms with Crippen molar-refractivity contribution in [2.24, 2.45) is 0 Å². The molecule has 1 heterocycles. The summed E-state index contributed by atoms with van der Waals surface area (Å²) in [6.07, 6.45) is 2.88. The summed E-state index contributed by atoms with van der Waals surface area (Å²) in [6, 6.07) is 5.42. The highest BCUT2D eigenvalue weighted by Gasteiger charge is 2.10. The third kappa shape index (κ3) is 4.84. The fourth-order valence-electron chi connectivity index (χ4n) is 1.78. The SMILES string of the molecule is CCCNC(=S)Nc1nn(Cc2ccc(Cl)cc2Cl)cc1Br. The predicted molar refractivity (Wildman–Crippen MR) is 100 cm³/mol. The van der Waals surface area contributed by atoms with Gasteiger partial charge in [0.25, 0.3) is 0 Å². The first kappa shape index (κ1) is 17.5. The molecule has 2 N–H and O–H groups in total. The number of anilines is 1. The summed E-state index contributed by atoms with van der Waals surface area (Å²) in [5.41, 5.74) is 0.944. The van der Waals surface area contributed by atoms with E-state index in [1.165, 1.54) is 0 Å². The third-order valence-electron chi connectivity index (χ3n) is 2.83. The first-order chi connectivity index (χ1) is 10.5. The number of rotatable bonds is 5. The number of aromatic nitrogens is 2. The zero-order valence-electron chi connectivity index (χ0n) is 11.9. The zero-order valence-corrected chi connectivity index (χ0v) is 15.8. The molecule has 1 aromatic heterocycles. The maximum Gasteiger partial charge on any atom is 0.172 e. The molecular weight excluding hydrogens is 407 g/mol. The molecule has 0 aliphatic heterocycles. The first-order valence-corrected chi connectivity index (χ1v) is 8.67. The number of nitrogens with zero attached hydrogens (tertiary/aromatic N) is 2. The monoisotopic (exact) mass is 420 g/mol. The van der Waals surface area contributed by atoms with Gasteiger partial charge < -0.3 is 10.6 Å². The van der Waals surface area contributed by atoms with Crippen molar-refractivity contribution in [1.82, 2.24) is 15.1 Å². The van der Waals surface area contributed by atoms with Crippen molar-refractivity contribution in [3.8, 4) is 0 Å². The molecule has 0 saturated carbocycles. The molecule has 0 aliphatic rings. The molecule has 8 heteroatoms. The van der Waals surface area contributed by atoms with Crippen LogP contribution >= 0.6 is 51.3 Å². The van der Waals surface area contributed by atoms with Crippen molar-refractivity contribution in [3.63, 3.8) is 0 Å². The fourth-order valence-corrected chi connectivity index (χ4v) is 2.86. The smallest absolute Gasteiger partial charge is 0.172 e. The van der Waals surface area contributed by atoms with Gasteiger partial charge in [-0.2, -0.15) is 5.10 Å². The lowest BCUT2D eigenvalue weighted by molar-refractivity contribution is 0.689. The van der Waals surface area contributed by atoms with E-state index in [-0.39, 0.29) is 0 Å². The Kier molecular flexibility index (Phi) is 6.50. The van der Waals surface area contributed by atoms with Crippen LogP contribution in [0.3, 0.4) is 0 Å². The summed E-state index contributed by atoms with van der Waals surface area (Å²) in [7, 11) is 0. The molecule has 0 fully saturated rings. The molecule has 2 aromatic rings. The number of halogens is 3. The average molecular weight is 422 g/mol. The largest absolute Gasteiger partial charge is 0.362 e. The van der Waals surface area contributed by atoms with Crippen molar-refractivity contribution in [2.45, 2.75) is 19.9 Å². The van der Waals surface area contributed by atoms with Crippen LogP contribution in [0.1, 0.15) is 18.9 Å². The van der Waals surface area contributed by atoms with Gasteiger partial charge in [0.1, 0.15) is 0 Å². The molecule has 0 unspecified atom stereocenters. The highest BCUT2D eigenvalue weighted by molar-refractivity contribution is 9.10. The van der Waals surface area contributed by atoms with Crippen LogP contribution < -0.4 is 10.6 Å². The zero-order chi connectivity index (χ0) is 16.1. The third-order valence-corrected chi connectivity index (χ3v) is 4.25. The molecule has 22 heavy (non-hydrogen) atoms. The summed E-state index contributed by atoms with van der Waals surface area (Å²) < 4.78 is 2.61. The number of thiocarbonyl (C=S) groups is 1. The van der Waals surface area contributed by atoms with Gasteiger partial charge in [0.2, 0.25) is 0 Å². The standard InChI is InChI=1S/C14H15BrCl2N4S/c1-2-5-18-14(22)19-13-11(15)8-21(20-13)7-9-3-4-10(16)6-12(9)17/h3-4,6,8H,2,5,7H2,1H3,(H2,18,19,20,22). The Bertz CT molecular complexity index is 675. The lowest BCUT2D eigenvalue weighted by Crippen LogP contribution is -2.29. The second kappa shape index (κ2) is 8.15. The lowest BCUT2D eigenvalue weighted by Gasteiger charge is -2.07. The Morgan fingerprint density at radius 2 is 2.18 bits per heavy atom. The maximum absolute atomic E-state index is 6.18. The van der Waals surface area contributed by atoms with Crippen LogP contribution in [0.25, 0.3) is 0 Å². The van der Waals surface area contributed by atoms with Crippen LogP contribution in [0.2, 0.25) is 10.0 Å². The number of hydrogen-bond donors (Lipinski definition) is 2. The van der Waals surface area contributed by atoms with Gasteiger partial charge in [-0.15, -0.1) is 0 Å². The molecule has 0 atom stereocenters. The van der Waals surface area contributed by atoms with Gasteiger partial charge >= 0.3 is 0 Å². The van der Waals surface area contributed by atoms with E-state index in [1.54, 1.807) is 10.7 Å². The molecule has 118 valence electrons. The van der Waals surface area contributed by atoms with E-state index >= 15 is 0 Å². The summed E-state index contributed by atoms with van der Waals surface area (Å²) in [5, 5.41) is 12.4. The van der Waals surface area contributed by atoms with E-state index in [0.29, 0.717) is 27.5 Å². The summed E-state index contributed by atoms with van der Waals surface area (Å²) >= 11 is 20.8. The minimum Gasteiger partial charge on any atom is -0.362 e. The van der Waals surface area contributed by atoms with Crippen molar-refractivity contribution >= 4 is 62.3 Å². The molecule has 0 radical (unpaired) electrons. The molecule has 0 bridgehead atoms. The lowest BCUT2D eigenvalue weighted by atomic mass is 10.2. The Balaban J connectivity index is 2.07. The Morgan fingerprint density at radius 1 is 1.41 bits per heavy atom. The van der Waals surface area contributed by atoms with Crippen LogP contribution in [0.4, 0.5) is 5.82 Å². The maximum atomic E-state index is 6.18. The summed E-state index contributed by atoms with van der Waals surface area (Å²) in [6.45, 7) is 3.45. The van der Waals surface area contributed by atoms with E-state index in [4.69, 9.17) is 35.4 Å². The van der Waals surface area contributed by atoms with Gasteiger partial charge in [0.15, 0.2) is 10.9 Å². The number of nitrogens with one attached hydrogen (secondary N) is 2. The molecular formula is C14H15BrCl2N4S. The van der Waals surface area contributed by atoms with E-state index in [9.17, 15) is 0 Å². The Hall–Kier alpha value is -0.820. The number of benzene rings is 1. The van der Waals surface area contributed by atoms with Crippen molar-refractivity contribution in [1.29, 1.82) is 0 Å². The minimum absolute atomic E-state index is 0.547. The van der Waals surface area contributed by atoms with Gasteiger partial charge in [-0.05, 0) is 52.3 Å². The van der Waals surface area contributed by atoms with Crippen LogP contribution in [-0.4, -0.2) is 21.4 Å². The fraction of sp³-hybridized carbons (Fsp3) is 0.286. The normalized spacial score (nSPS) is 10.5. The van der Waals surface area contributed by atoms with Gasteiger partial charge in [-0.25, -0.2) is 0 Å². The molecule has 0 saturated heterocycles. The van der Waals surface area contributed by atoms with Crippen LogP contribution in [0, 0.1) is 0 Å². The second-order valence-corrected chi connectivity index (χ2v) is 6.75. The van der Waals surface area contributed by atoms with E-state index < -0.39 is 0 Å². The summed E-state index contributed by atoms with van der Waals surface area (Å²) in [4.78, 5) is 0. The first-order valence-electron chi connectivity index (χ1n) is 6.71. The van der Waals surface area contributed by atoms with Crippen molar-refractivity contribution in [2.75, 3.05) is 11.9 Å². The molecule has 1 aromatic carbocycles. The highest BCUT2D eigenvalue weighted by Crippen LogP contribution is 2.24. The number of hydrogen-bond acceptors (Lipinski definition) is 2. The molecule has 0 amide bonds. The second-order valence-electron chi connectivity index (χ2n) is 4.64. The van der Waals surface area contributed by atoms with E-state index in [2.05, 4.69) is 38.6 Å². The quantitative estimate of drug-likeness (QED) is 0.686. The molecule has 0 spiro atoms. The van der Waals surface area contributed by atoms with Crippen molar-refractivity contribution < 1.29 is 0 Å². The van der Waals surface area contributed by atoms with Crippen LogP contribution in [0.5, 0.6) is 0 Å². The van der Waals surface area contributed by atoms with Crippen molar-refractivity contribution in [3.05, 3.63) is 44.5 Å². The van der Waals surface area contributed by atoms with E-state index in [0.717, 1.165) is 23.0 Å². The van der Waals surface area contributed by atoms with Crippen LogP contribution in [0.15, 0.2) is 28.9 Å². The predicted octanol–water partition coefficient (Wildman–Crippen LogP) is 4.70. The Labute approximate surface area is 153 Å². The summed E-state index contributed by atoms with van der Waals surface area (Å²) in [5.74, 6) is 0.665. The molecule has 2 rings (SSSR count). The topological polar surface area (TPSA) is 41.9 Å². The van der Waals surface area contributed by atoms with Gasteiger partial charge in [-0.3, -0.25) is 4.68 Å². The highest BCUT2D eigenvalue weighted by atomic mass is 79.9. The van der Waals surface area contributed by atoms with Gasteiger partial charge in [-0.1, -0.05) is 36.2 Å². The van der Waals surface area contributed by atoms with Gasteiger partial charge in [0, 0.05) is 22.8 Å². The average Bonchev–Trinajstić information content (AvgIpc) is 2.80. The van der Waals surface area contributed by atoms with Crippen LogP contribution in [-0.2, 0) is 6.54 Å². The van der Waals surface area contributed by atoms with E-state index in [1.807, 2.05) is 18.3 Å². The Morgan fingerprint density at radius 3 is 2.86 bits per heavy atom. The molecule has 4 nitrogen and oxygen atoms in total. The minimum atomic E-state index is 0.547. The van der Waals surface area contributed by atoms with Gasteiger partial charge in [0.05, 0.1) is 11.0 Å². The molecule has 0 aliphatic carbocycles.